The van der Waals surface area contributed by atoms with E-state index in [1.807, 2.05) is 6.07 Å². The first-order chi connectivity index (χ1) is 10.3. The van der Waals surface area contributed by atoms with Crippen molar-refractivity contribution in [2.75, 3.05) is 38.2 Å². The maximum atomic E-state index is 5.50. The van der Waals surface area contributed by atoms with Crippen LogP contribution in [0.5, 0.6) is 5.75 Å². The minimum Gasteiger partial charge on any atom is -0.495 e. The van der Waals surface area contributed by atoms with E-state index >= 15 is 0 Å². The fourth-order valence-electron chi connectivity index (χ4n) is 3.95. The maximum absolute atomic E-state index is 5.50. The van der Waals surface area contributed by atoms with Crippen LogP contribution in [0.15, 0.2) is 24.3 Å². The Bertz CT molecular complexity index is 454. The highest BCUT2D eigenvalue weighted by Gasteiger charge is 2.28. The first kappa shape index (κ1) is 14.7. The third-order valence-corrected chi connectivity index (χ3v) is 5.17. The Balaban J connectivity index is 1.60. The Labute approximate surface area is 128 Å². The summed E-state index contributed by atoms with van der Waals surface area (Å²) >= 11 is 0. The summed E-state index contributed by atoms with van der Waals surface area (Å²) in [6, 6.07) is 9.21. The van der Waals surface area contributed by atoms with Crippen molar-refractivity contribution < 1.29 is 4.74 Å². The van der Waals surface area contributed by atoms with E-state index in [1.54, 1.807) is 7.11 Å². The Morgan fingerprint density at radius 3 is 2.52 bits per heavy atom. The highest BCUT2D eigenvalue weighted by molar-refractivity contribution is 5.58. The van der Waals surface area contributed by atoms with Gasteiger partial charge in [0, 0.05) is 32.2 Å². The second-order valence-electron chi connectivity index (χ2n) is 6.62. The van der Waals surface area contributed by atoms with Crippen molar-refractivity contribution in [2.45, 2.75) is 38.6 Å². The highest BCUT2D eigenvalue weighted by Crippen LogP contribution is 2.31. The SMILES string of the molecule is COc1ccccc1N1CCN([C@H]2CCC[C@H](C)C2)CC1. The number of rotatable bonds is 3. The van der Waals surface area contributed by atoms with Crippen molar-refractivity contribution in [3.63, 3.8) is 0 Å². The van der Waals surface area contributed by atoms with Gasteiger partial charge in [-0.05, 0) is 30.9 Å². The van der Waals surface area contributed by atoms with Crippen molar-refractivity contribution >= 4 is 5.69 Å². The molecule has 21 heavy (non-hydrogen) atoms. The van der Waals surface area contributed by atoms with Gasteiger partial charge in [-0.3, -0.25) is 4.90 Å². The number of para-hydroxylation sites is 2. The lowest BCUT2D eigenvalue weighted by Gasteiger charge is -2.42. The van der Waals surface area contributed by atoms with Gasteiger partial charge >= 0.3 is 0 Å². The summed E-state index contributed by atoms with van der Waals surface area (Å²) in [6.07, 6.45) is 5.64. The average molecular weight is 288 g/mol. The zero-order valence-electron chi connectivity index (χ0n) is 13.4. The average Bonchev–Trinajstić information content (AvgIpc) is 2.55. The Morgan fingerprint density at radius 2 is 1.81 bits per heavy atom. The molecule has 3 rings (SSSR count). The molecule has 1 heterocycles. The first-order valence-corrected chi connectivity index (χ1v) is 8.40. The lowest BCUT2D eigenvalue weighted by Crippen LogP contribution is -2.51. The molecule has 2 atom stereocenters. The molecule has 1 saturated carbocycles. The van der Waals surface area contributed by atoms with Gasteiger partial charge in [-0.1, -0.05) is 31.9 Å². The summed E-state index contributed by atoms with van der Waals surface area (Å²) in [4.78, 5) is 5.20. The number of ether oxygens (including phenoxy) is 1. The minimum atomic E-state index is 0.827. The number of hydrogen-bond acceptors (Lipinski definition) is 3. The van der Waals surface area contributed by atoms with Crippen LogP contribution in [0, 0.1) is 5.92 Å². The zero-order chi connectivity index (χ0) is 14.7. The van der Waals surface area contributed by atoms with Gasteiger partial charge in [0.15, 0.2) is 0 Å². The van der Waals surface area contributed by atoms with E-state index in [9.17, 15) is 0 Å². The molecular formula is C18H28N2O. The zero-order valence-corrected chi connectivity index (χ0v) is 13.4. The Kier molecular flexibility index (Phi) is 4.69. The van der Waals surface area contributed by atoms with Crippen molar-refractivity contribution in [1.29, 1.82) is 0 Å². The molecule has 1 saturated heterocycles. The summed E-state index contributed by atoms with van der Waals surface area (Å²) in [7, 11) is 1.76. The van der Waals surface area contributed by atoms with Gasteiger partial charge in [0.2, 0.25) is 0 Å². The molecule has 0 bridgehead atoms. The van der Waals surface area contributed by atoms with Crippen LogP contribution in [0.25, 0.3) is 0 Å². The van der Waals surface area contributed by atoms with E-state index in [0.29, 0.717) is 0 Å². The van der Waals surface area contributed by atoms with Crippen LogP contribution in [-0.4, -0.2) is 44.2 Å². The van der Waals surface area contributed by atoms with Gasteiger partial charge in [-0.15, -0.1) is 0 Å². The standard InChI is InChI=1S/C18H28N2O/c1-15-6-5-7-16(14-15)19-10-12-20(13-11-19)17-8-3-4-9-18(17)21-2/h3-4,8-9,15-16H,5-7,10-14H2,1-2H3/t15-,16-/m0/s1. The van der Waals surface area contributed by atoms with Crippen LogP contribution in [-0.2, 0) is 0 Å². The molecule has 2 aliphatic rings. The lowest BCUT2D eigenvalue weighted by molar-refractivity contribution is 0.127. The maximum Gasteiger partial charge on any atom is 0.142 e. The van der Waals surface area contributed by atoms with Crippen LogP contribution < -0.4 is 9.64 Å². The minimum absolute atomic E-state index is 0.827. The number of anilines is 1. The van der Waals surface area contributed by atoms with E-state index in [4.69, 9.17) is 4.74 Å². The van der Waals surface area contributed by atoms with Crippen molar-refractivity contribution in [1.82, 2.24) is 4.90 Å². The Hall–Kier alpha value is -1.22. The summed E-state index contributed by atoms with van der Waals surface area (Å²) in [5, 5.41) is 0. The summed E-state index contributed by atoms with van der Waals surface area (Å²) in [6.45, 7) is 7.03. The number of benzene rings is 1. The van der Waals surface area contributed by atoms with Crippen LogP contribution >= 0.6 is 0 Å². The summed E-state index contributed by atoms with van der Waals surface area (Å²) in [5.74, 6) is 1.91. The fourth-order valence-corrected chi connectivity index (χ4v) is 3.95. The van der Waals surface area contributed by atoms with Crippen molar-refractivity contribution in [3.05, 3.63) is 24.3 Å². The topological polar surface area (TPSA) is 15.7 Å². The van der Waals surface area contributed by atoms with E-state index in [2.05, 4.69) is 34.9 Å². The number of methoxy groups -OCH3 is 1. The predicted octanol–water partition coefficient (Wildman–Crippen LogP) is 3.40. The molecule has 0 radical (unpaired) electrons. The second kappa shape index (κ2) is 6.69. The second-order valence-corrected chi connectivity index (χ2v) is 6.62. The van der Waals surface area contributed by atoms with Crippen molar-refractivity contribution in [3.8, 4) is 5.75 Å². The molecule has 0 amide bonds. The lowest BCUT2D eigenvalue weighted by atomic mass is 9.86. The van der Waals surface area contributed by atoms with Gasteiger partial charge in [-0.2, -0.15) is 0 Å². The third-order valence-electron chi connectivity index (χ3n) is 5.17. The molecule has 116 valence electrons. The monoisotopic (exact) mass is 288 g/mol. The molecule has 0 unspecified atom stereocenters. The van der Waals surface area contributed by atoms with Crippen LogP contribution in [0.3, 0.4) is 0 Å². The molecule has 1 aliphatic carbocycles. The molecule has 1 aliphatic heterocycles. The normalized spacial score (nSPS) is 27.6. The molecule has 0 N–H and O–H groups in total. The molecule has 0 aromatic heterocycles. The van der Waals surface area contributed by atoms with Gasteiger partial charge in [0.05, 0.1) is 12.8 Å². The van der Waals surface area contributed by atoms with E-state index in [1.165, 1.54) is 44.5 Å². The number of piperazine rings is 1. The molecule has 3 heteroatoms. The van der Waals surface area contributed by atoms with Crippen LogP contribution in [0.4, 0.5) is 5.69 Å². The molecule has 1 aromatic carbocycles. The number of nitrogens with zero attached hydrogens (tertiary/aromatic N) is 2. The summed E-state index contributed by atoms with van der Waals surface area (Å²) < 4.78 is 5.50. The predicted molar refractivity (Wildman–Crippen MR) is 88.2 cm³/mol. The molecule has 1 aromatic rings. The molecular weight excluding hydrogens is 260 g/mol. The smallest absolute Gasteiger partial charge is 0.142 e. The van der Waals surface area contributed by atoms with Crippen molar-refractivity contribution in [2.24, 2.45) is 5.92 Å². The molecule has 3 nitrogen and oxygen atoms in total. The third kappa shape index (κ3) is 3.34. The first-order valence-electron chi connectivity index (χ1n) is 8.40. The van der Waals surface area contributed by atoms with E-state index in [-0.39, 0.29) is 0 Å². The largest absolute Gasteiger partial charge is 0.495 e. The van der Waals surface area contributed by atoms with E-state index < -0.39 is 0 Å². The molecule has 2 fully saturated rings. The van der Waals surface area contributed by atoms with Gasteiger partial charge < -0.3 is 9.64 Å². The van der Waals surface area contributed by atoms with Crippen LogP contribution in [0.1, 0.15) is 32.6 Å². The number of hydrogen-bond donors (Lipinski definition) is 0. The van der Waals surface area contributed by atoms with Crippen LogP contribution in [0.2, 0.25) is 0 Å². The fraction of sp³-hybridized carbons (Fsp3) is 0.667. The van der Waals surface area contributed by atoms with E-state index in [0.717, 1.165) is 30.8 Å². The van der Waals surface area contributed by atoms with Gasteiger partial charge in [0.1, 0.15) is 5.75 Å². The summed E-state index contributed by atoms with van der Waals surface area (Å²) in [5.41, 5.74) is 1.25. The Morgan fingerprint density at radius 1 is 1.05 bits per heavy atom. The molecule has 0 spiro atoms. The van der Waals surface area contributed by atoms with Gasteiger partial charge in [0.25, 0.3) is 0 Å². The van der Waals surface area contributed by atoms with Gasteiger partial charge in [-0.25, -0.2) is 0 Å². The quantitative estimate of drug-likeness (QED) is 0.848. The highest BCUT2D eigenvalue weighted by atomic mass is 16.5.